The van der Waals surface area contributed by atoms with E-state index in [0.29, 0.717) is 12.1 Å². The zero-order valence-corrected chi connectivity index (χ0v) is 10.7. The van der Waals surface area contributed by atoms with Crippen molar-refractivity contribution in [2.24, 2.45) is 4.99 Å². The molecule has 1 aliphatic heterocycles. The van der Waals surface area contributed by atoms with Crippen molar-refractivity contribution in [1.29, 1.82) is 0 Å². The summed E-state index contributed by atoms with van der Waals surface area (Å²) in [5.74, 6) is 1.05. The molecular weight excluding hydrogens is 226 g/mol. The van der Waals surface area contributed by atoms with Crippen LogP contribution < -0.4 is 10.6 Å². The summed E-state index contributed by atoms with van der Waals surface area (Å²) in [6, 6.07) is 7.58. The zero-order chi connectivity index (χ0) is 12.8. The monoisotopic (exact) mass is 245 g/mol. The number of carbonyl (C=O) groups excluding carboxylic acids is 1. The van der Waals surface area contributed by atoms with Crippen LogP contribution in [0.5, 0.6) is 0 Å². The number of hydrogen-bond donors (Lipinski definition) is 2. The summed E-state index contributed by atoms with van der Waals surface area (Å²) in [5.41, 5.74) is 1.87. The maximum atomic E-state index is 11.8. The summed E-state index contributed by atoms with van der Waals surface area (Å²) in [4.78, 5) is 16.1. The number of rotatable bonds is 4. The number of amides is 1. The molecule has 1 aromatic carbocycles. The van der Waals surface area contributed by atoms with Gasteiger partial charge in [-0.05, 0) is 25.5 Å². The molecule has 1 heterocycles. The second kappa shape index (κ2) is 6.19. The standard InChI is InChI=1S/C14H19N3O/c1-11-4-6-12(7-5-11)14(18)17-10-9-16-13-3-2-8-15-13/h4-7H,2-3,8-10H2,1H3,(H,15,16)(H,17,18). The van der Waals surface area contributed by atoms with Gasteiger partial charge in [-0.1, -0.05) is 17.7 Å². The second-order valence-electron chi connectivity index (χ2n) is 4.48. The predicted molar refractivity (Wildman–Crippen MR) is 73.1 cm³/mol. The lowest BCUT2D eigenvalue weighted by molar-refractivity contribution is 0.0954. The number of nitrogens with zero attached hydrogens (tertiary/aromatic N) is 1. The average Bonchev–Trinajstić information content (AvgIpc) is 2.88. The molecule has 0 spiro atoms. The smallest absolute Gasteiger partial charge is 0.251 e. The number of amidine groups is 1. The van der Waals surface area contributed by atoms with Crippen molar-refractivity contribution in [1.82, 2.24) is 10.6 Å². The lowest BCUT2D eigenvalue weighted by atomic mass is 10.1. The molecule has 18 heavy (non-hydrogen) atoms. The van der Waals surface area contributed by atoms with Gasteiger partial charge in [-0.2, -0.15) is 0 Å². The Balaban J connectivity index is 1.69. The van der Waals surface area contributed by atoms with Crippen molar-refractivity contribution >= 4 is 11.7 Å². The van der Waals surface area contributed by atoms with Gasteiger partial charge in [-0.15, -0.1) is 0 Å². The zero-order valence-electron chi connectivity index (χ0n) is 10.7. The van der Waals surface area contributed by atoms with E-state index in [1.807, 2.05) is 31.2 Å². The highest BCUT2D eigenvalue weighted by Gasteiger charge is 2.06. The van der Waals surface area contributed by atoms with E-state index in [4.69, 9.17) is 0 Å². The molecule has 1 aliphatic rings. The van der Waals surface area contributed by atoms with Crippen LogP contribution in [-0.2, 0) is 0 Å². The fraction of sp³-hybridized carbons (Fsp3) is 0.429. The molecule has 0 unspecified atom stereocenters. The molecule has 0 fully saturated rings. The number of aliphatic imine (C=N–C) groups is 1. The van der Waals surface area contributed by atoms with Crippen LogP contribution in [0.1, 0.15) is 28.8 Å². The highest BCUT2D eigenvalue weighted by atomic mass is 16.1. The van der Waals surface area contributed by atoms with Gasteiger partial charge in [0.2, 0.25) is 0 Å². The molecule has 2 rings (SSSR count). The summed E-state index contributed by atoms with van der Waals surface area (Å²) in [6.45, 7) is 4.29. The van der Waals surface area contributed by atoms with Crippen molar-refractivity contribution < 1.29 is 4.79 Å². The Kier molecular flexibility index (Phi) is 4.34. The lowest BCUT2D eigenvalue weighted by Gasteiger charge is -2.07. The predicted octanol–water partition coefficient (Wildman–Crippen LogP) is 1.51. The fourth-order valence-corrected chi connectivity index (χ4v) is 1.87. The van der Waals surface area contributed by atoms with Crippen LogP contribution in [0.25, 0.3) is 0 Å². The van der Waals surface area contributed by atoms with Crippen molar-refractivity contribution in [3.63, 3.8) is 0 Å². The normalized spacial score (nSPS) is 14.2. The van der Waals surface area contributed by atoms with Gasteiger partial charge in [-0.25, -0.2) is 0 Å². The molecule has 2 N–H and O–H groups in total. The minimum atomic E-state index is -0.0230. The van der Waals surface area contributed by atoms with Gasteiger partial charge >= 0.3 is 0 Å². The molecule has 4 nitrogen and oxygen atoms in total. The first-order valence-corrected chi connectivity index (χ1v) is 6.38. The van der Waals surface area contributed by atoms with E-state index in [1.54, 1.807) is 0 Å². The average molecular weight is 245 g/mol. The van der Waals surface area contributed by atoms with Crippen LogP contribution in [0, 0.1) is 6.92 Å². The van der Waals surface area contributed by atoms with Gasteiger partial charge in [0.15, 0.2) is 0 Å². The summed E-state index contributed by atoms with van der Waals surface area (Å²) in [7, 11) is 0. The quantitative estimate of drug-likeness (QED) is 0.790. The third-order valence-corrected chi connectivity index (χ3v) is 2.93. The molecule has 0 bridgehead atoms. The van der Waals surface area contributed by atoms with Crippen LogP contribution in [0.3, 0.4) is 0 Å². The lowest BCUT2D eigenvalue weighted by Crippen LogP contribution is -2.34. The Morgan fingerprint density at radius 1 is 1.28 bits per heavy atom. The molecule has 0 saturated carbocycles. The molecule has 0 aliphatic carbocycles. The second-order valence-corrected chi connectivity index (χ2v) is 4.48. The van der Waals surface area contributed by atoms with E-state index in [9.17, 15) is 4.79 Å². The third-order valence-electron chi connectivity index (χ3n) is 2.93. The van der Waals surface area contributed by atoms with Crippen LogP contribution in [-0.4, -0.2) is 31.4 Å². The number of hydrogen-bond acceptors (Lipinski definition) is 3. The molecule has 0 atom stereocenters. The topological polar surface area (TPSA) is 53.5 Å². The maximum Gasteiger partial charge on any atom is 0.251 e. The Labute approximate surface area is 108 Å². The summed E-state index contributed by atoms with van der Waals surface area (Å²) < 4.78 is 0. The van der Waals surface area contributed by atoms with Crippen LogP contribution in [0.4, 0.5) is 0 Å². The van der Waals surface area contributed by atoms with Crippen LogP contribution in [0.2, 0.25) is 0 Å². The Bertz CT molecular complexity index is 437. The Morgan fingerprint density at radius 3 is 2.72 bits per heavy atom. The number of carbonyl (C=O) groups is 1. The summed E-state index contributed by atoms with van der Waals surface area (Å²) >= 11 is 0. The number of aryl methyl sites for hydroxylation is 1. The van der Waals surface area contributed by atoms with Gasteiger partial charge in [0.1, 0.15) is 0 Å². The minimum absolute atomic E-state index is 0.0230. The largest absolute Gasteiger partial charge is 0.372 e. The Morgan fingerprint density at radius 2 is 2.06 bits per heavy atom. The number of benzene rings is 1. The minimum Gasteiger partial charge on any atom is -0.372 e. The van der Waals surface area contributed by atoms with E-state index in [2.05, 4.69) is 15.6 Å². The molecule has 1 aromatic rings. The molecule has 4 heteroatoms. The highest BCUT2D eigenvalue weighted by molar-refractivity contribution is 5.94. The van der Waals surface area contributed by atoms with E-state index < -0.39 is 0 Å². The van der Waals surface area contributed by atoms with E-state index in [1.165, 1.54) is 0 Å². The van der Waals surface area contributed by atoms with Gasteiger partial charge in [0.05, 0.1) is 5.84 Å². The third kappa shape index (κ3) is 3.58. The first kappa shape index (κ1) is 12.6. The SMILES string of the molecule is Cc1ccc(C(=O)NCCNC2=NCCC2)cc1. The van der Waals surface area contributed by atoms with E-state index in [0.717, 1.165) is 37.3 Å². The first-order chi connectivity index (χ1) is 8.75. The van der Waals surface area contributed by atoms with Gasteiger partial charge in [0.25, 0.3) is 5.91 Å². The number of nitrogens with one attached hydrogen (secondary N) is 2. The van der Waals surface area contributed by atoms with E-state index in [-0.39, 0.29) is 5.91 Å². The maximum absolute atomic E-state index is 11.8. The molecule has 0 radical (unpaired) electrons. The van der Waals surface area contributed by atoms with Gasteiger partial charge in [0, 0.05) is 31.6 Å². The van der Waals surface area contributed by atoms with E-state index >= 15 is 0 Å². The van der Waals surface area contributed by atoms with Crippen molar-refractivity contribution in [2.45, 2.75) is 19.8 Å². The van der Waals surface area contributed by atoms with Crippen LogP contribution in [0.15, 0.2) is 29.3 Å². The molecule has 0 saturated heterocycles. The van der Waals surface area contributed by atoms with Crippen LogP contribution >= 0.6 is 0 Å². The van der Waals surface area contributed by atoms with Crippen molar-refractivity contribution in [2.75, 3.05) is 19.6 Å². The molecular formula is C14H19N3O. The Hall–Kier alpha value is -1.84. The first-order valence-electron chi connectivity index (χ1n) is 6.38. The van der Waals surface area contributed by atoms with Gasteiger partial charge in [-0.3, -0.25) is 9.79 Å². The summed E-state index contributed by atoms with van der Waals surface area (Å²) in [5, 5.41) is 6.12. The molecule has 0 aromatic heterocycles. The summed E-state index contributed by atoms with van der Waals surface area (Å²) in [6.07, 6.45) is 2.17. The van der Waals surface area contributed by atoms with Gasteiger partial charge < -0.3 is 10.6 Å². The molecule has 96 valence electrons. The molecule has 1 amide bonds. The fourth-order valence-electron chi connectivity index (χ4n) is 1.87. The van der Waals surface area contributed by atoms with Crippen molar-refractivity contribution in [3.8, 4) is 0 Å². The van der Waals surface area contributed by atoms with Crippen molar-refractivity contribution in [3.05, 3.63) is 35.4 Å². The highest BCUT2D eigenvalue weighted by Crippen LogP contribution is 2.02.